The molecule has 3 rings (SSSR count). The molecular formula is C11H19ClN4O. The predicted octanol–water partition coefficient (Wildman–Crippen LogP) is 0.943. The normalized spacial score (nSPS) is 23.0. The smallest absolute Gasteiger partial charge is 0.105 e. The zero-order valence-electron chi connectivity index (χ0n) is 10.1. The topological polar surface area (TPSA) is 52.0 Å². The van der Waals surface area contributed by atoms with E-state index in [-0.39, 0.29) is 18.4 Å². The highest BCUT2D eigenvalue weighted by molar-refractivity contribution is 5.85. The number of hydrogen-bond acceptors (Lipinski definition) is 4. The van der Waals surface area contributed by atoms with Crippen LogP contribution in [0.5, 0.6) is 0 Å². The van der Waals surface area contributed by atoms with Gasteiger partial charge in [0.1, 0.15) is 5.69 Å². The number of hydrogen-bond donors (Lipinski definition) is 1. The van der Waals surface area contributed by atoms with Crippen LogP contribution in [0.3, 0.4) is 0 Å². The third-order valence-corrected chi connectivity index (χ3v) is 3.41. The summed E-state index contributed by atoms with van der Waals surface area (Å²) < 4.78 is 7.31. The van der Waals surface area contributed by atoms with Crippen LogP contribution in [0.2, 0.25) is 0 Å². The number of halogens is 1. The maximum atomic E-state index is 5.20. The molecule has 1 N–H and O–H groups in total. The van der Waals surface area contributed by atoms with Gasteiger partial charge in [0.05, 0.1) is 18.3 Å². The van der Waals surface area contributed by atoms with Crippen molar-refractivity contribution in [1.29, 1.82) is 0 Å². The average molecular weight is 259 g/mol. The Morgan fingerprint density at radius 2 is 2.29 bits per heavy atom. The van der Waals surface area contributed by atoms with Crippen LogP contribution in [-0.4, -0.2) is 35.3 Å². The molecule has 1 atom stereocenters. The summed E-state index contributed by atoms with van der Waals surface area (Å²) in [4.78, 5) is 0. The van der Waals surface area contributed by atoms with Crippen molar-refractivity contribution in [2.75, 3.05) is 20.3 Å². The molecule has 17 heavy (non-hydrogen) atoms. The summed E-state index contributed by atoms with van der Waals surface area (Å²) in [6, 6.07) is 0.224. The summed E-state index contributed by atoms with van der Waals surface area (Å²) in [6.45, 7) is 2.73. The van der Waals surface area contributed by atoms with Gasteiger partial charge in [0.2, 0.25) is 0 Å². The molecule has 96 valence electrons. The molecule has 0 radical (unpaired) electrons. The Morgan fingerprint density at radius 3 is 3.00 bits per heavy atom. The minimum Gasteiger partial charge on any atom is -0.383 e. The van der Waals surface area contributed by atoms with Crippen LogP contribution in [0.1, 0.15) is 30.3 Å². The van der Waals surface area contributed by atoms with Crippen molar-refractivity contribution in [2.24, 2.45) is 5.92 Å². The van der Waals surface area contributed by atoms with E-state index in [2.05, 4.69) is 20.3 Å². The number of methoxy groups -OCH3 is 1. The van der Waals surface area contributed by atoms with Crippen LogP contribution < -0.4 is 5.32 Å². The Balaban J connectivity index is 0.00000108. The number of nitrogens with zero attached hydrogens (tertiary/aromatic N) is 3. The fourth-order valence-electron chi connectivity index (χ4n) is 2.33. The Bertz CT molecular complexity index is 378. The van der Waals surface area contributed by atoms with Crippen molar-refractivity contribution < 1.29 is 4.74 Å². The zero-order chi connectivity index (χ0) is 11.0. The molecule has 1 aromatic heterocycles. The zero-order valence-corrected chi connectivity index (χ0v) is 10.9. The summed E-state index contributed by atoms with van der Waals surface area (Å²) in [7, 11) is 1.73. The molecule has 1 unspecified atom stereocenters. The lowest BCUT2D eigenvalue weighted by Crippen LogP contribution is -2.33. The quantitative estimate of drug-likeness (QED) is 0.874. The first-order valence-corrected chi connectivity index (χ1v) is 6.03. The van der Waals surface area contributed by atoms with Gasteiger partial charge in [-0.3, -0.25) is 0 Å². The number of nitrogens with one attached hydrogen (secondary N) is 1. The third-order valence-electron chi connectivity index (χ3n) is 3.41. The lowest BCUT2D eigenvalue weighted by molar-refractivity contribution is 0.162. The van der Waals surface area contributed by atoms with E-state index in [0.717, 1.165) is 31.1 Å². The monoisotopic (exact) mass is 258 g/mol. The maximum Gasteiger partial charge on any atom is 0.105 e. The maximum absolute atomic E-state index is 5.20. The summed E-state index contributed by atoms with van der Waals surface area (Å²) in [6.07, 6.45) is 3.75. The van der Waals surface area contributed by atoms with E-state index in [1.807, 2.05) is 0 Å². The fourth-order valence-corrected chi connectivity index (χ4v) is 2.33. The van der Waals surface area contributed by atoms with Crippen LogP contribution in [-0.2, 0) is 17.7 Å². The number of aromatic nitrogens is 3. The van der Waals surface area contributed by atoms with E-state index in [0.29, 0.717) is 6.61 Å². The van der Waals surface area contributed by atoms with E-state index in [9.17, 15) is 0 Å². The molecule has 0 bridgehead atoms. The van der Waals surface area contributed by atoms with Crippen molar-refractivity contribution in [1.82, 2.24) is 20.3 Å². The van der Waals surface area contributed by atoms with Gasteiger partial charge in [-0.1, -0.05) is 5.21 Å². The van der Waals surface area contributed by atoms with Crippen molar-refractivity contribution in [2.45, 2.75) is 31.8 Å². The van der Waals surface area contributed by atoms with Crippen LogP contribution >= 0.6 is 12.4 Å². The summed E-state index contributed by atoms with van der Waals surface area (Å²) >= 11 is 0. The summed E-state index contributed by atoms with van der Waals surface area (Å²) in [5.41, 5.74) is 2.40. The van der Waals surface area contributed by atoms with Gasteiger partial charge in [0.15, 0.2) is 0 Å². The highest BCUT2D eigenvalue weighted by atomic mass is 35.5. The lowest BCUT2D eigenvalue weighted by Gasteiger charge is -2.22. The molecule has 1 saturated carbocycles. The Labute approximate surface area is 107 Å². The highest BCUT2D eigenvalue weighted by Gasteiger charge is 2.28. The second kappa shape index (κ2) is 5.33. The van der Waals surface area contributed by atoms with Crippen molar-refractivity contribution >= 4 is 12.4 Å². The molecule has 6 heteroatoms. The number of ether oxygens (including phenoxy) is 1. The minimum absolute atomic E-state index is 0. The van der Waals surface area contributed by atoms with Gasteiger partial charge in [-0.2, -0.15) is 0 Å². The largest absolute Gasteiger partial charge is 0.383 e. The third kappa shape index (κ3) is 2.61. The second-order valence-corrected chi connectivity index (χ2v) is 4.76. The van der Waals surface area contributed by atoms with Crippen LogP contribution in [0.4, 0.5) is 0 Å². The molecule has 0 spiro atoms. The van der Waals surface area contributed by atoms with Crippen molar-refractivity contribution in [3.63, 3.8) is 0 Å². The van der Waals surface area contributed by atoms with Gasteiger partial charge in [0, 0.05) is 26.6 Å². The molecule has 1 aromatic rings. The molecule has 2 aliphatic rings. The van der Waals surface area contributed by atoms with E-state index < -0.39 is 0 Å². The molecule has 2 heterocycles. The molecule has 1 aliphatic carbocycles. The first kappa shape index (κ1) is 12.8. The van der Waals surface area contributed by atoms with E-state index in [1.54, 1.807) is 7.11 Å². The van der Waals surface area contributed by atoms with E-state index in [1.165, 1.54) is 18.5 Å². The number of rotatable bonds is 4. The van der Waals surface area contributed by atoms with Crippen LogP contribution in [0.25, 0.3) is 0 Å². The van der Waals surface area contributed by atoms with Gasteiger partial charge in [-0.05, 0) is 18.8 Å². The van der Waals surface area contributed by atoms with Crippen LogP contribution in [0.15, 0.2) is 0 Å². The van der Waals surface area contributed by atoms with E-state index in [4.69, 9.17) is 4.74 Å². The molecule has 0 amide bonds. The highest BCUT2D eigenvalue weighted by Crippen LogP contribution is 2.31. The SMILES string of the molecule is COCC1NCCc2c1nnn2CC1CC1.Cl. The standard InChI is InChI=1S/C11H18N4O.ClH/c1-16-7-9-11-10(4-5-12-9)15(14-13-11)6-8-2-3-8;/h8-9,12H,2-7H2,1H3;1H. The Hall–Kier alpha value is -0.650. The van der Waals surface area contributed by atoms with Gasteiger partial charge in [-0.25, -0.2) is 4.68 Å². The van der Waals surface area contributed by atoms with Crippen molar-refractivity contribution in [3.8, 4) is 0 Å². The predicted molar refractivity (Wildman–Crippen MR) is 66.3 cm³/mol. The van der Waals surface area contributed by atoms with E-state index >= 15 is 0 Å². The van der Waals surface area contributed by atoms with Crippen LogP contribution in [0, 0.1) is 5.92 Å². The molecular weight excluding hydrogens is 240 g/mol. The first-order valence-electron chi connectivity index (χ1n) is 6.03. The average Bonchev–Trinajstić information content (AvgIpc) is 3.01. The molecule has 5 nitrogen and oxygen atoms in total. The molecule has 0 aromatic carbocycles. The Morgan fingerprint density at radius 1 is 1.47 bits per heavy atom. The van der Waals surface area contributed by atoms with Gasteiger partial charge in [-0.15, -0.1) is 17.5 Å². The molecule has 1 aliphatic heterocycles. The van der Waals surface area contributed by atoms with Gasteiger partial charge < -0.3 is 10.1 Å². The lowest BCUT2D eigenvalue weighted by atomic mass is 10.1. The molecule has 1 fully saturated rings. The number of fused-ring (bicyclic) bond motifs is 1. The second-order valence-electron chi connectivity index (χ2n) is 4.76. The fraction of sp³-hybridized carbons (Fsp3) is 0.818. The first-order chi connectivity index (χ1) is 7.88. The Kier molecular flexibility index (Phi) is 4.01. The summed E-state index contributed by atoms with van der Waals surface area (Å²) in [5.74, 6) is 0.849. The van der Waals surface area contributed by atoms with Gasteiger partial charge in [0.25, 0.3) is 0 Å². The van der Waals surface area contributed by atoms with Gasteiger partial charge >= 0.3 is 0 Å². The summed E-state index contributed by atoms with van der Waals surface area (Å²) in [5, 5.41) is 12.0. The molecule has 0 saturated heterocycles. The minimum atomic E-state index is 0. The van der Waals surface area contributed by atoms with Crippen molar-refractivity contribution in [3.05, 3.63) is 11.4 Å².